The van der Waals surface area contributed by atoms with E-state index in [4.69, 9.17) is 9.88 Å². The molecule has 0 spiro atoms. The molecule has 0 radical (unpaired) electrons. The van der Waals surface area contributed by atoms with Crippen LogP contribution < -0.4 is 32.0 Å². The van der Waals surface area contributed by atoms with Gasteiger partial charge in [-0.15, -0.1) is 0 Å². The highest BCUT2D eigenvalue weighted by molar-refractivity contribution is 7.89. The van der Waals surface area contributed by atoms with E-state index in [1.54, 1.807) is 24.5 Å². The summed E-state index contributed by atoms with van der Waals surface area (Å²) in [4.78, 5) is 11.0. The fourth-order valence-electron chi connectivity index (χ4n) is 3.13. The zero-order valence-corrected chi connectivity index (χ0v) is 15.2. The molecule has 0 unspecified atom stereocenters. The minimum absolute atomic E-state index is 0.0211. The number of rotatable bonds is 4. The number of nitrogens with two attached hydrogens (primary N) is 1. The Balaban J connectivity index is 1.74. The van der Waals surface area contributed by atoms with Gasteiger partial charge in [-0.1, -0.05) is 12.1 Å². The molecule has 2 fully saturated rings. The second kappa shape index (κ2) is 7.44. The van der Waals surface area contributed by atoms with Gasteiger partial charge in [0.1, 0.15) is 6.17 Å². The number of ether oxygens (including phenoxy) is 1. The second-order valence-corrected chi connectivity index (χ2v) is 7.64. The first-order valence-electron chi connectivity index (χ1n) is 8.36. The summed E-state index contributed by atoms with van der Waals surface area (Å²) in [5, 5.41) is 5.42. The fourth-order valence-corrected chi connectivity index (χ4v) is 3.93. The van der Waals surface area contributed by atoms with E-state index in [0.29, 0.717) is 35.9 Å². The Morgan fingerprint density at radius 3 is 2.41 bits per heavy atom. The molecule has 27 heavy (non-hydrogen) atoms. The number of nitrogens with one attached hydrogen (secondary N) is 4. The molecule has 2 aliphatic rings. The molecule has 0 bridgehead atoms. The first-order valence-corrected chi connectivity index (χ1v) is 9.90. The third-order valence-corrected chi connectivity index (χ3v) is 5.37. The van der Waals surface area contributed by atoms with Gasteiger partial charge < -0.3 is 9.64 Å². The molecule has 1 aromatic heterocycles. The van der Waals surface area contributed by atoms with E-state index in [1.165, 1.54) is 6.07 Å². The van der Waals surface area contributed by atoms with Crippen molar-refractivity contribution in [2.24, 2.45) is 5.14 Å². The molecule has 12 heteroatoms. The first kappa shape index (κ1) is 18.2. The normalized spacial score (nSPS) is 18.8. The Bertz CT molecular complexity index is 909. The van der Waals surface area contributed by atoms with Gasteiger partial charge in [0, 0.05) is 36.6 Å². The highest BCUT2D eigenvalue weighted by Gasteiger charge is 2.27. The zero-order chi connectivity index (χ0) is 18.9. The van der Waals surface area contributed by atoms with Crippen LogP contribution in [0.1, 0.15) is 11.7 Å². The molecule has 11 nitrogen and oxygen atoms in total. The summed E-state index contributed by atoms with van der Waals surface area (Å²) in [5.41, 5.74) is 13.0. The summed E-state index contributed by atoms with van der Waals surface area (Å²) in [7, 11) is -3.93. The van der Waals surface area contributed by atoms with Crippen LogP contribution in [0.4, 0.5) is 5.95 Å². The van der Waals surface area contributed by atoms with E-state index in [-0.39, 0.29) is 4.90 Å². The van der Waals surface area contributed by atoms with Crippen molar-refractivity contribution in [1.82, 2.24) is 31.9 Å². The summed E-state index contributed by atoms with van der Waals surface area (Å²) in [6.07, 6.45) is 2.84. The smallest absolute Gasteiger partial charge is 0.238 e. The molecule has 2 aliphatic heterocycles. The van der Waals surface area contributed by atoms with Crippen molar-refractivity contribution in [2.45, 2.75) is 11.1 Å². The van der Waals surface area contributed by atoms with Crippen LogP contribution in [0.15, 0.2) is 35.5 Å². The van der Waals surface area contributed by atoms with Gasteiger partial charge in [0.2, 0.25) is 16.0 Å². The van der Waals surface area contributed by atoms with Gasteiger partial charge in [0.25, 0.3) is 0 Å². The maximum atomic E-state index is 12.1. The minimum Gasteiger partial charge on any atom is -0.378 e. The summed E-state index contributed by atoms with van der Waals surface area (Å²) in [6, 6.07) is 4.92. The van der Waals surface area contributed by atoms with Crippen LogP contribution in [0.2, 0.25) is 0 Å². The molecule has 2 aromatic rings. The highest BCUT2D eigenvalue weighted by Crippen LogP contribution is 2.32. The average molecular weight is 392 g/mol. The summed E-state index contributed by atoms with van der Waals surface area (Å²) < 4.78 is 29.5. The fraction of sp³-hybridized carbons (Fsp3) is 0.333. The number of sulfonamides is 1. The number of hydrogen-bond acceptors (Lipinski definition) is 10. The standard InChI is InChI=1S/C15H20N8O3S/c16-27(24,25)12-3-1-2-11(13(12)14-19-21-22-20-14)10-8-17-15(18-9-10)23-4-6-26-7-5-23/h1-3,8-9,14,19-22H,4-7H2,(H2,16,24,25). The van der Waals surface area contributed by atoms with Crippen molar-refractivity contribution < 1.29 is 13.2 Å². The Morgan fingerprint density at radius 1 is 1.11 bits per heavy atom. The van der Waals surface area contributed by atoms with Crippen molar-refractivity contribution in [3.05, 3.63) is 36.2 Å². The average Bonchev–Trinajstić information content (AvgIpc) is 3.22. The molecule has 144 valence electrons. The molecule has 0 atom stereocenters. The lowest BCUT2D eigenvalue weighted by Crippen LogP contribution is -2.37. The van der Waals surface area contributed by atoms with Gasteiger partial charge in [-0.25, -0.2) is 34.4 Å². The van der Waals surface area contributed by atoms with Crippen molar-refractivity contribution in [3.63, 3.8) is 0 Å². The van der Waals surface area contributed by atoms with E-state index in [1.807, 2.05) is 4.90 Å². The number of hydrogen-bond donors (Lipinski definition) is 5. The topological polar surface area (TPSA) is 147 Å². The highest BCUT2D eigenvalue weighted by atomic mass is 32.2. The number of anilines is 1. The van der Waals surface area contributed by atoms with Crippen LogP contribution in [0, 0.1) is 0 Å². The lowest BCUT2D eigenvalue weighted by Gasteiger charge is -2.26. The van der Waals surface area contributed by atoms with Crippen molar-refractivity contribution in [2.75, 3.05) is 31.2 Å². The van der Waals surface area contributed by atoms with Gasteiger partial charge in [-0.05, 0) is 11.6 Å². The molecule has 0 amide bonds. The number of nitrogens with zero attached hydrogens (tertiary/aromatic N) is 3. The van der Waals surface area contributed by atoms with Gasteiger partial charge in [-0.2, -0.15) is 11.1 Å². The van der Waals surface area contributed by atoms with Gasteiger partial charge in [-0.3, -0.25) is 0 Å². The van der Waals surface area contributed by atoms with E-state index in [2.05, 4.69) is 31.9 Å². The lowest BCUT2D eigenvalue weighted by atomic mass is 10.00. The second-order valence-electron chi connectivity index (χ2n) is 6.11. The van der Waals surface area contributed by atoms with E-state index >= 15 is 0 Å². The largest absolute Gasteiger partial charge is 0.378 e. The number of hydrazine groups is 3. The van der Waals surface area contributed by atoms with E-state index < -0.39 is 16.2 Å². The van der Waals surface area contributed by atoms with Crippen LogP contribution in [-0.2, 0) is 14.8 Å². The van der Waals surface area contributed by atoms with E-state index in [9.17, 15) is 8.42 Å². The molecule has 0 aliphatic carbocycles. The Morgan fingerprint density at radius 2 is 1.78 bits per heavy atom. The maximum Gasteiger partial charge on any atom is 0.238 e. The summed E-state index contributed by atoms with van der Waals surface area (Å²) in [5.74, 6) is 0.617. The van der Waals surface area contributed by atoms with Crippen molar-refractivity contribution in [3.8, 4) is 11.1 Å². The Kier molecular flexibility index (Phi) is 5.01. The van der Waals surface area contributed by atoms with Crippen LogP contribution in [0.25, 0.3) is 11.1 Å². The lowest BCUT2D eigenvalue weighted by molar-refractivity contribution is 0.122. The molecular weight excluding hydrogens is 372 g/mol. The molecule has 2 saturated heterocycles. The predicted molar refractivity (Wildman–Crippen MR) is 97.2 cm³/mol. The predicted octanol–water partition coefficient (Wildman–Crippen LogP) is -1.26. The molecule has 0 saturated carbocycles. The first-order chi connectivity index (χ1) is 13.0. The van der Waals surface area contributed by atoms with Crippen LogP contribution in [-0.4, -0.2) is 44.7 Å². The Labute approximate surface area is 156 Å². The van der Waals surface area contributed by atoms with Crippen molar-refractivity contribution in [1.29, 1.82) is 0 Å². The minimum atomic E-state index is -3.93. The molecule has 6 N–H and O–H groups in total. The number of morpholine rings is 1. The van der Waals surface area contributed by atoms with Crippen LogP contribution in [0.5, 0.6) is 0 Å². The van der Waals surface area contributed by atoms with Crippen LogP contribution in [0.3, 0.4) is 0 Å². The maximum absolute atomic E-state index is 12.1. The van der Waals surface area contributed by atoms with Gasteiger partial charge >= 0.3 is 0 Å². The number of benzene rings is 1. The molecule has 3 heterocycles. The summed E-state index contributed by atoms with van der Waals surface area (Å²) in [6.45, 7) is 2.76. The van der Waals surface area contributed by atoms with Gasteiger partial charge in [0.05, 0.1) is 18.1 Å². The number of aromatic nitrogens is 2. The third kappa shape index (κ3) is 3.77. The molecular formula is C15H20N8O3S. The van der Waals surface area contributed by atoms with Crippen molar-refractivity contribution >= 4 is 16.0 Å². The monoisotopic (exact) mass is 392 g/mol. The quantitative estimate of drug-likeness (QED) is 0.427. The van der Waals surface area contributed by atoms with Crippen LogP contribution >= 0.6 is 0 Å². The molecule has 1 aromatic carbocycles. The number of primary sulfonamides is 1. The third-order valence-electron chi connectivity index (χ3n) is 4.40. The molecule has 4 rings (SSSR count). The Hall–Kier alpha value is -2.19. The van der Waals surface area contributed by atoms with E-state index in [0.717, 1.165) is 13.1 Å². The summed E-state index contributed by atoms with van der Waals surface area (Å²) >= 11 is 0. The SMILES string of the molecule is NS(=O)(=O)c1cccc(-c2cnc(N3CCOCC3)nc2)c1C1NNNN1. The zero-order valence-electron chi connectivity index (χ0n) is 14.3. The van der Waals surface area contributed by atoms with Gasteiger partial charge in [0.15, 0.2) is 0 Å².